The Morgan fingerprint density at radius 2 is 2.15 bits per heavy atom. The Balaban J connectivity index is 2.28. The number of hydrogen-bond acceptors (Lipinski definition) is 3. The number of nitrogens with zero attached hydrogens (tertiary/aromatic N) is 2. The van der Waals surface area contributed by atoms with Crippen molar-refractivity contribution in [3.8, 4) is 6.07 Å². The van der Waals surface area contributed by atoms with Crippen molar-refractivity contribution in [2.24, 2.45) is 0 Å². The number of aliphatic hydroxyl groups excluding tert-OH is 1. The second-order valence-corrected chi connectivity index (χ2v) is 5.07. The minimum atomic E-state index is -4.65. The Labute approximate surface area is 119 Å². The van der Waals surface area contributed by atoms with Crippen LogP contribution in [-0.4, -0.2) is 30.0 Å². The first-order valence-electron chi connectivity index (χ1n) is 6.05. The minimum Gasteiger partial charge on any atom is -0.382 e. The zero-order valence-electron chi connectivity index (χ0n) is 10.4. The smallest absolute Gasteiger partial charge is 0.382 e. The van der Waals surface area contributed by atoms with Gasteiger partial charge in [0.05, 0.1) is 16.6 Å². The summed E-state index contributed by atoms with van der Waals surface area (Å²) in [5, 5.41) is 18.4. The van der Waals surface area contributed by atoms with Crippen LogP contribution in [0.5, 0.6) is 0 Å². The average Bonchev–Trinajstić information content (AvgIpc) is 2.85. The number of benzene rings is 1. The Bertz CT molecular complexity index is 541. The van der Waals surface area contributed by atoms with Crippen molar-refractivity contribution in [1.29, 1.82) is 5.26 Å². The highest BCUT2D eigenvalue weighted by molar-refractivity contribution is 6.32. The van der Waals surface area contributed by atoms with Crippen LogP contribution in [0.15, 0.2) is 18.2 Å². The zero-order valence-corrected chi connectivity index (χ0v) is 11.1. The molecular formula is C13H12ClF3N2O. The molecule has 0 spiro atoms. The van der Waals surface area contributed by atoms with Crippen LogP contribution in [0.3, 0.4) is 0 Å². The molecule has 1 N–H and O–H groups in total. The quantitative estimate of drug-likeness (QED) is 0.913. The van der Waals surface area contributed by atoms with Crippen LogP contribution >= 0.6 is 11.6 Å². The summed E-state index contributed by atoms with van der Waals surface area (Å²) in [4.78, 5) is 1.49. The normalized spacial score (nSPS) is 20.8. The number of halogens is 4. The van der Waals surface area contributed by atoms with Crippen molar-refractivity contribution in [2.45, 2.75) is 31.2 Å². The van der Waals surface area contributed by atoms with Crippen LogP contribution < -0.4 is 4.90 Å². The lowest BCUT2D eigenvalue weighted by atomic mass is 10.1. The summed E-state index contributed by atoms with van der Waals surface area (Å²) in [7, 11) is 0. The van der Waals surface area contributed by atoms with E-state index in [0.717, 1.165) is 0 Å². The minimum absolute atomic E-state index is 0.192. The van der Waals surface area contributed by atoms with Crippen LogP contribution in [0.2, 0.25) is 5.02 Å². The summed E-state index contributed by atoms with van der Waals surface area (Å²) in [5.74, 6) is 0. The van der Waals surface area contributed by atoms with E-state index in [4.69, 9.17) is 16.9 Å². The van der Waals surface area contributed by atoms with Gasteiger partial charge >= 0.3 is 6.18 Å². The average molecular weight is 305 g/mol. The van der Waals surface area contributed by atoms with Crippen LogP contribution in [-0.2, 0) is 0 Å². The third-order valence-electron chi connectivity index (χ3n) is 3.40. The molecule has 0 unspecified atom stereocenters. The maximum Gasteiger partial charge on any atom is 0.416 e. The number of nitriles is 1. The predicted octanol–water partition coefficient (Wildman–Crippen LogP) is 3.10. The molecule has 0 saturated carbocycles. The van der Waals surface area contributed by atoms with Crippen LogP contribution in [0.4, 0.5) is 18.9 Å². The van der Waals surface area contributed by atoms with Gasteiger partial charge in [0.1, 0.15) is 6.07 Å². The molecule has 0 amide bonds. The summed E-state index contributed by atoms with van der Waals surface area (Å²) >= 11 is 5.89. The SMILES string of the molecule is N#Cc1ccc(N2CCC[C@@H]2[C@@H](O)C(F)(F)F)cc1Cl. The van der Waals surface area contributed by atoms with E-state index in [2.05, 4.69) is 0 Å². The second-order valence-electron chi connectivity index (χ2n) is 4.67. The van der Waals surface area contributed by atoms with Gasteiger partial charge in [0, 0.05) is 12.2 Å². The predicted molar refractivity (Wildman–Crippen MR) is 68.6 cm³/mol. The standard InChI is InChI=1S/C13H12ClF3N2O/c14-10-6-9(4-3-8(10)7-18)19-5-1-2-11(19)12(20)13(15,16)17/h3-4,6,11-12,20H,1-2,5H2/t11-,12-/m1/s1. The highest BCUT2D eigenvalue weighted by Crippen LogP contribution is 2.35. The first-order valence-corrected chi connectivity index (χ1v) is 6.43. The first-order chi connectivity index (χ1) is 9.34. The van der Waals surface area contributed by atoms with Gasteiger partial charge in [-0.05, 0) is 31.0 Å². The zero-order chi connectivity index (χ0) is 14.9. The Morgan fingerprint density at radius 3 is 2.70 bits per heavy atom. The van der Waals surface area contributed by atoms with E-state index in [1.54, 1.807) is 6.07 Å². The number of anilines is 1. The topological polar surface area (TPSA) is 47.3 Å². The molecule has 0 bridgehead atoms. The van der Waals surface area contributed by atoms with Crippen molar-refractivity contribution in [2.75, 3.05) is 11.4 Å². The van der Waals surface area contributed by atoms with Gasteiger partial charge < -0.3 is 10.0 Å². The lowest BCUT2D eigenvalue weighted by Crippen LogP contribution is -2.47. The molecule has 0 radical (unpaired) electrons. The van der Waals surface area contributed by atoms with E-state index in [1.165, 1.54) is 17.0 Å². The van der Waals surface area contributed by atoms with Crippen molar-refractivity contribution in [3.63, 3.8) is 0 Å². The summed E-state index contributed by atoms with van der Waals surface area (Å²) in [6, 6.07) is 5.35. The maximum absolute atomic E-state index is 12.6. The van der Waals surface area contributed by atoms with Gasteiger partial charge in [0.15, 0.2) is 6.10 Å². The third-order valence-corrected chi connectivity index (χ3v) is 3.72. The van der Waals surface area contributed by atoms with E-state index >= 15 is 0 Å². The fraction of sp³-hybridized carbons (Fsp3) is 0.462. The molecule has 1 saturated heterocycles. The Morgan fingerprint density at radius 1 is 1.45 bits per heavy atom. The second kappa shape index (κ2) is 5.51. The highest BCUT2D eigenvalue weighted by Gasteiger charge is 2.47. The highest BCUT2D eigenvalue weighted by atomic mass is 35.5. The van der Waals surface area contributed by atoms with Gasteiger partial charge in [0.2, 0.25) is 0 Å². The summed E-state index contributed by atoms with van der Waals surface area (Å²) in [5.41, 5.74) is 0.752. The van der Waals surface area contributed by atoms with Crippen LogP contribution in [0, 0.1) is 11.3 Å². The largest absolute Gasteiger partial charge is 0.416 e. The molecule has 1 aromatic rings. The molecule has 1 aromatic carbocycles. The number of hydrogen-bond donors (Lipinski definition) is 1. The van der Waals surface area contributed by atoms with Gasteiger partial charge in [-0.3, -0.25) is 0 Å². The molecule has 20 heavy (non-hydrogen) atoms. The molecular weight excluding hydrogens is 293 g/mol. The molecule has 0 aliphatic carbocycles. The van der Waals surface area contributed by atoms with Crippen molar-refractivity contribution >= 4 is 17.3 Å². The van der Waals surface area contributed by atoms with Crippen molar-refractivity contribution in [3.05, 3.63) is 28.8 Å². The van der Waals surface area contributed by atoms with E-state index < -0.39 is 18.3 Å². The van der Waals surface area contributed by atoms with Gasteiger partial charge in [-0.25, -0.2) is 0 Å². The van der Waals surface area contributed by atoms with Gasteiger partial charge in [0.25, 0.3) is 0 Å². The van der Waals surface area contributed by atoms with E-state index in [1.807, 2.05) is 6.07 Å². The van der Waals surface area contributed by atoms with E-state index in [-0.39, 0.29) is 17.0 Å². The van der Waals surface area contributed by atoms with E-state index in [9.17, 15) is 18.3 Å². The summed E-state index contributed by atoms with van der Waals surface area (Å²) < 4.78 is 37.9. The monoisotopic (exact) mass is 304 g/mol. The lowest BCUT2D eigenvalue weighted by Gasteiger charge is -2.31. The Kier molecular flexibility index (Phi) is 4.11. The molecule has 3 nitrogen and oxygen atoms in total. The lowest BCUT2D eigenvalue weighted by molar-refractivity contribution is -0.209. The van der Waals surface area contributed by atoms with Crippen molar-refractivity contribution < 1.29 is 18.3 Å². The Hall–Kier alpha value is -1.45. The maximum atomic E-state index is 12.6. The molecule has 1 aliphatic rings. The number of alkyl halides is 3. The van der Waals surface area contributed by atoms with Gasteiger partial charge in [-0.15, -0.1) is 0 Å². The van der Waals surface area contributed by atoms with Crippen LogP contribution in [0.1, 0.15) is 18.4 Å². The fourth-order valence-electron chi connectivity index (χ4n) is 2.43. The number of aliphatic hydroxyl groups is 1. The summed E-state index contributed by atoms with van der Waals surface area (Å²) in [6.45, 7) is 0.417. The van der Waals surface area contributed by atoms with Gasteiger partial charge in [-0.1, -0.05) is 11.6 Å². The molecule has 2 rings (SSSR count). The fourth-order valence-corrected chi connectivity index (χ4v) is 2.65. The molecule has 0 aromatic heterocycles. The molecule has 1 aliphatic heterocycles. The number of rotatable bonds is 2. The molecule has 1 fully saturated rings. The first kappa shape index (κ1) is 14.9. The van der Waals surface area contributed by atoms with E-state index in [0.29, 0.717) is 18.7 Å². The summed E-state index contributed by atoms with van der Waals surface area (Å²) in [6.07, 6.45) is -6.21. The molecule has 108 valence electrons. The van der Waals surface area contributed by atoms with Crippen LogP contribution in [0.25, 0.3) is 0 Å². The van der Waals surface area contributed by atoms with Gasteiger partial charge in [-0.2, -0.15) is 18.4 Å². The van der Waals surface area contributed by atoms with Crippen molar-refractivity contribution in [1.82, 2.24) is 0 Å². The third kappa shape index (κ3) is 2.84. The molecule has 7 heteroatoms. The molecule has 1 heterocycles. The molecule has 2 atom stereocenters.